The highest BCUT2D eigenvalue weighted by molar-refractivity contribution is 6.38. The summed E-state index contributed by atoms with van der Waals surface area (Å²) in [5.74, 6) is -0.602. The maximum atomic E-state index is 14.2. The normalized spacial score (nSPS) is 15.2. The van der Waals surface area contributed by atoms with Crippen LogP contribution in [0, 0.1) is 6.92 Å². The van der Waals surface area contributed by atoms with Gasteiger partial charge < -0.3 is 4.90 Å². The highest BCUT2D eigenvalue weighted by atomic mass is 16.2. The van der Waals surface area contributed by atoms with Gasteiger partial charge in [-0.1, -0.05) is 92.7 Å². The Hall–Kier alpha value is -5.22. The molecule has 0 saturated carbocycles. The Bertz CT molecular complexity index is 2070. The van der Waals surface area contributed by atoms with E-state index in [-0.39, 0.29) is 17.2 Å². The Labute approximate surface area is 244 Å². The monoisotopic (exact) mass is 544 g/mol. The molecule has 202 valence electrons. The first kappa shape index (κ1) is 24.6. The van der Waals surface area contributed by atoms with E-state index in [4.69, 9.17) is 0 Å². The zero-order valence-electron chi connectivity index (χ0n) is 23.7. The number of imide groups is 1. The van der Waals surface area contributed by atoms with Crippen LogP contribution in [-0.4, -0.2) is 11.8 Å². The topological polar surface area (TPSA) is 40.6 Å². The van der Waals surface area contributed by atoms with Crippen molar-refractivity contribution < 1.29 is 9.59 Å². The van der Waals surface area contributed by atoms with Crippen LogP contribution in [0.1, 0.15) is 51.3 Å². The van der Waals surface area contributed by atoms with Gasteiger partial charge in [0, 0.05) is 32.7 Å². The van der Waals surface area contributed by atoms with Crippen molar-refractivity contribution in [2.75, 3.05) is 9.80 Å². The summed E-state index contributed by atoms with van der Waals surface area (Å²) < 4.78 is 0. The molecule has 0 saturated heterocycles. The van der Waals surface area contributed by atoms with Crippen LogP contribution < -0.4 is 9.80 Å². The zero-order valence-corrected chi connectivity index (χ0v) is 23.7. The van der Waals surface area contributed by atoms with Crippen LogP contribution in [-0.2, 0) is 5.41 Å². The molecule has 8 rings (SSSR count). The van der Waals surface area contributed by atoms with Gasteiger partial charge >= 0.3 is 0 Å². The summed E-state index contributed by atoms with van der Waals surface area (Å²) in [4.78, 5) is 32.0. The smallest absolute Gasteiger partial charge is 0.266 e. The molecule has 0 radical (unpaired) electrons. The Morgan fingerprint density at radius 2 is 1.00 bits per heavy atom. The molecule has 0 aliphatic carbocycles. The molecular weight excluding hydrogens is 516 g/mol. The van der Waals surface area contributed by atoms with Crippen molar-refractivity contribution in [3.05, 3.63) is 143 Å². The fourth-order valence-electron chi connectivity index (χ4n) is 7.05. The lowest BCUT2D eigenvalue weighted by Gasteiger charge is -2.42. The molecule has 2 aliphatic rings. The minimum absolute atomic E-state index is 0.181. The van der Waals surface area contributed by atoms with Crippen molar-refractivity contribution in [2.45, 2.75) is 26.2 Å². The van der Waals surface area contributed by atoms with E-state index in [0.717, 1.165) is 38.8 Å². The number of hydrogen-bond donors (Lipinski definition) is 0. The summed E-state index contributed by atoms with van der Waals surface area (Å²) in [5, 5.41) is 3.50. The number of fused-ring (bicyclic) bond motifs is 3. The lowest BCUT2D eigenvalue weighted by Crippen LogP contribution is -2.40. The van der Waals surface area contributed by atoms with E-state index in [2.05, 4.69) is 67.3 Å². The average Bonchev–Trinajstić information content (AvgIpc) is 3.01. The third-order valence-corrected chi connectivity index (χ3v) is 9.12. The summed E-state index contributed by atoms with van der Waals surface area (Å²) in [7, 11) is 0. The number of carbonyl (C=O) groups is 2. The molecule has 6 aromatic carbocycles. The second-order valence-electron chi connectivity index (χ2n) is 11.7. The summed E-state index contributed by atoms with van der Waals surface area (Å²) in [5.41, 5.74) is 8.21. The molecule has 6 aromatic rings. The van der Waals surface area contributed by atoms with E-state index in [0.29, 0.717) is 22.2 Å². The Kier molecular flexibility index (Phi) is 5.05. The second-order valence-corrected chi connectivity index (χ2v) is 11.7. The molecule has 0 bridgehead atoms. The number of hydrogen-bond acceptors (Lipinski definition) is 3. The average molecular weight is 545 g/mol. The maximum Gasteiger partial charge on any atom is 0.266 e. The molecule has 0 aromatic heterocycles. The summed E-state index contributed by atoms with van der Waals surface area (Å²) >= 11 is 0. The van der Waals surface area contributed by atoms with Crippen LogP contribution in [0.5, 0.6) is 0 Å². The SMILES string of the molecule is Cc1ccc(N2C(=O)c3cccc4c(N5c6ccccc6C(C)(C)c6ccccc65)ccc(c34)C2=O)c2ccccc12. The Morgan fingerprint density at radius 1 is 0.476 bits per heavy atom. The first-order valence-electron chi connectivity index (χ1n) is 14.3. The van der Waals surface area contributed by atoms with Gasteiger partial charge in [-0.3, -0.25) is 9.59 Å². The standard InChI is InChI=1S/C38H28N2O2/c1-23-19-21-31(25-12-5-4-11-24(23)25)40-36(41)27-14-10-13-26-32(22-20-28(35(26)27)37(40)42)39-33-17-8-6-15-29(33)38(2,3)30-16-7-9-18-34(30)39/h4-22H,1-3H3. The van der Waals surface area contributed by atoms with Crippen molar-refractivity contribution in [2.24, 2.45) is 0 Å². The maximum absolute atomic E-state index is 14.2. The summed E-state index contributed by atoms with van der Waals surface area (Å²) in [6.45, 7) is 6.57. The molecule has 4 nitrogen and oxygen atoms in total. The third kappa shape index (κ3) is 3.18. The number of para-hydroxylation sites is 2. The molecule has 0 N–H and O–H groups in total. The van der Waals surface area contributed by atoms with Gasteiger partial charge in [0.15, 0.2) is 0 Å². The van der Waals surface area contributed by atoms with Gasteiger partial charge in [0.25, 0.3) is 11.8 Å². The Morgan fingerprint density at radius 3 is 1.69 bits per heavy atom. The fraction of sp³-hybridized carbons (Fsp3) is 0.105. The predicted octanol–water partition coefficient (Wildman–Crippen LogP) is 9.21. The van der Waals surface area contributed by atoms with E-state index in [1.807, 2.05) is 73.7 Å². The molecule has 42 heavy (non-hydrogen) atoms. The molecule has 2 heterocycles. The summed E-state index contributed by atoms with van der Waals surface area (Å²) in [6.07, 6.45) is 0. The molecule has 2 amide bonds. The van der Waals surface area contributed by atoms with E-state index < -0.39 is 0 Å². The first-order valence-corrected chi connectivity index (χ1v) is 14.3. The van der Waals surface area contributed by atoms with Crippen molar-refractivity contribution >= 4 is 56.1 Å². The zero-order chi connectivity index (χ0) is 28.7. The molecule has 4 heteroatoms. The quantitative estimate of drug-likeness (QED) is 0.204. The predicted molar refractivity (Wildman–Crippen MR) is 171 cm³/mol. The lowest BCUT2D eigenvalue weighted by molar-refractivity contribution is 0.0894. The fourth-order valence-corrected chi connectivity index (χ4v) is 7.05. The molecule has 2 aliphatic heterocycles. The van der Waals surface area contributed by atoms with Crippen LogP contribution in [0.3, 0.4) is 0 Å². The minimum atomic E-state index is -0.301. The number of anilines is 4. The number of amides is 2. The molecular formula is C38H28N2O2. The van der Waals surface area contributed by atoms with Gasteiger partial charge in [0.05, 0.1) is 22.7 Å². The van der Waals surface area contributed by atoms with Crippen LogP contribution in [0.15, 0.2) is 115 Å². The lowest BCUT2D eigenvalue weighted by atomic mass is 9.73. The highest BCUT2D eigenvalue weighted by Gasteiger charge is 2.39. The second kappa shape index (κ2) is 8.64. The van der Waals surface area contributed by atoms with Gasteiger partial charge in [0.1, 0.15) is 0 Å². The minimum Gasteiger partial charge on any atom is -0.309 e. The van der Waals surface area contributed by atoms with Crippen LogP contribution in [0.2, 0.25) is 0 Å². The van der Waals surface area contributed by atoms with Crippen LogP contribution in [0.4, 0.5) is 22.7 Å². The summed E-state index contributed by atoms with van der Waals surface area (Å²) in [6, 6.07) is 38.5. The van der Waals surface area contributed by atoms with E-state index in [1.165, 1.54) is 16.0 Å². The van der Waals surface area contributed by atoms with E-state index >= 15 is 0 Å². The molecule has 0 spiro atoms. The van der Waals surface area contributed by atoms with Crippen LogP contribution in [0.25, 0.3) is 21.5 Å². The van der Waals surface area contributed by atoms with Gasteiger partial charge in [-0.05, 0) is 65.4 Å². The number of carbonyl (C=O) groups excluding carboxylic acids is 2. The number of aryl methyl sites for hydroxylation is 1. The van der Waals surface area contributed by atoms with Crippen molar-refractivity contribution in [3.8, 4) is 0 Å². The molecule has 0 unspecified atom stereocenters. The molecule has 0 fully saturated rings. The number of benzene rings is 6. The first-order chi connectivity index (χ1) is 20.4. The third-order valence-electron chi connectivity index (χ3n) is 9.12. The molecule has 0 atom stereocenters. The van der Waals surface area contributed by atoms with Crippen molar-refractivity contribution in [1.82, 2.24) is 0 Å². The van der Waals surface area contributed by atoms with E-state index in [1.54, 1.807) is 0 Å². The van der Waals surface area contributed by atoms with Gasteiger partial charge in [-0.25, -0.2) is 4.90 Å². The van der Waals surface area contributed by atoms with Gasteiger partial charge in [0.2, 0.25) is 0 Å². The number of nitrogens with zero attached hydrogens (tertiary/aromatic N) is 2. The van der Waals surface area contributed by atoms with Crippen molar-refractivity contribution in [1.29, 1.82) is 0 Å². The van der Waals surface area contributed by atoms with Gasteiger partial charge in [-0.2, -0.15) is 0 Å². The van der Waals surface area contributed by atoms with E-state index in [9.17, 15) is 9.59 Å². The highest BCUT2D eigenvalue weighted by Crippen LogP contribution is 2.53. The van der Waals surface area contributed by atoms with Crippen LogP contribution >= 0.6 is 0 Å². The number of rotatable bonds is 2. The Balaban J connectivity index is 1.36. The largest absolute Gasteiger partial charge is 0.309 e. The van der Waals surface area contributed by atoms with Gasteiger partial charge in [-0.15, -0.1) is 0 Å². The van der Waals surface area contributed by atoms with Crippen molar-refractivity contribution in [3.63, 3.8) is 0 Å².